The van der Waals surface area contributed by atoms with E-state index in [0.29, 0.717) is 18.1 Å². The van der Waals surface area contributed by atoms with Crippen LogP contribution in [0.4, 0.5) is 0 Å². The molecule has 0 saturated carbocycles. The zero-order valence-electron chi connectivity index (χ0n) is 13.4. The maximum atomic E-state index is 13.0. The van der Waals surface area contributed by atoms with Crippen molar-refractivity contribution >= 4 is 16.0 Å². The molecule has 1 atom stereocenters. The molecule has 1 unspecified atom stereocenters. The standard InChI is InChI=1S/C15H18N4O4S/c1-3-11-5-4-6-12(7-11)24(22,23)19-9-14-17-16-10(2)18(14)8-13(19)15(20)21/h4-7,13H,3,8-9H2,1-2H3,(H,20,21). The topological polar surface area (TPSA) is 105 Å². The number of sulfonamides is 1. The lowest BCUT2D eigenvalue weighted by atomic mass is 10.2. The largest absolute Gasteiger partial charge is 0.480 e. The molecule has 1 aromatic carbocycles. The predicted octanol–water partition coefficient (Wildman–Crippen LogP) is 0.807. The Hall–Kier alpha value is -2.26. The van der Waals surface area contributed by atoms with Crippen LogP contribution in [-0.4, -0.2) is 44.6 Å². The number of aliphatic carboxylic acids is 1. The molecule has 9 heteroatoms. The SMILES string of the molecule is CCc1cccc(S(=O)(=O)N2Cc3nnc(C)n3CC2C(=O)O)c1. The highest BCUT2D eigenvalue weighted by molar-refractivity contribution is 7.89. The van der Waals surface area contributed by atoms with Crippen LogP contribution < -0.4 is 0 Å². The fourth-order valence-electron chi connectivity index (χ4n) is 2.81. The van der Waals surface area contributed by atoms with Gasteiger partial charge in [-0.3, -0.25) is 4.79 Å². The maximum absolute atomic E-state index is 13.0. The molecule has 2 aromatic rings. The van der Waals surface area contributed by atoms with Gasteiger partial charge in [0.1, 0.15) is 17.7 Å². The van der Waals surface area contributed by atoms with Crippen LogP contribution in [0.5, 0.6) is 0 Å². The van der Waals surface area contributed by atoms with Crippen molar-refractivity contribution in [3.05, 3.63) is 41.5 Å². The molecule has 1 aliphatic rings. The van der Waals surface area contributed by atoms with E-state index in [1.54, 1.807) is 23.6 Å². The number of benzene rings is 1. The van der Waals surface area contributed by atoms with Crippen molar-refractivity contribution in [1.29, 1.82) is 0 Å². The zero-order chi connectivity index (χ0) is 17.5. The molecular formula is C15H18N4O4S. The van der Waals surface area contributed by atoms with Gasteiger partial charge in [-0.05, 0) is 31.0 Å². The number of carboxylic acids is 1. The predicted molar refractivity (Wildman–Crippen MR) is 84.7 cm³/mol. The highest BCUT2D eigenvalue weighted by Gasteiger charge is 2.41. The monoisotopic (exact) mass is 350 g/mol. The van der Waals surface area contributed by atoms with Gasteiger partial charge in [-0.1, -0.05) is 19.1 Å². The van der Waals surface area contributed by atoms with E-state index in [1.807, 2.05) is 13.0 Å². The molecule has 0 radical (unpaired) electrons. The highest BCUT2D eigenvalue weighted by atomic mass is 32.2. The Morgan fingerprint density at radius 2 is 2.12 bits per heavy atom. The van der Waals surface area contributed by atoms with Crippen LogP contribution in [0.1, 0.15) is 24.1 Å². The molecule has 0 spiro atoms. The van der Waals surface area contributed by atoms with Crippen molar-refractivity contribution in [1.82, 2.24) is 19.1 Å². The average Bonchev–Trinajstić information content (AvgIpc) is 2.94. The molecule has 0 amide bonds. The molecule has 3 rings (SSSR count). The lowest BCUT2D eigenvalue weighted by Gasteiger charge is -2.32. The van der Waals surface area contributed by atoms with Gasteiger partial charge in [-0.25, -0.2) is 8.42 Å². The molecule has 1 N–H and O–H groups in total. The second-order valence-electron chi connectivity index (χ2n) is 5.68. The summed E-state index contributed by atoms with van der Waals surface area (Å²) in [4.78, 5) is 11.7. The van der Waals surface area contributed by atoms with E-state index in [1.165, 1.54) is 6.07 Å². The van der Waals surface area contributed by atoms with Crippen molar-refractivity contribution in [2.24, 2.45) is 0 Å². The van der Waals surface area contributed by atoms with Crippen molar-refractivity contribution in [3.8, 4) is 0 Å². The van der Waals surface area contributed by atoms with Crippen LogP contribution in [0.15, 0.2) is 29.2 Å². The van der Waals surface area contributed by atoms with Crippen LogP contribution in [0.2, 0.25) is 0 Å². The number of carboxylic acid groups (broad SMARTS) is 1. The third-order valence-electron chi connectivity index (χ3n) is 4.21. The Bertz CT molecular complexity index is 891. The van der Waals surface area contributed by atoms with Crippen LogP contribution in [-0.2, 0) is 34.3 Å². The molecule has 1 aliphatic heterocycles. The van der Waals surface area contributed by atoms with E-state index in [9.17, 15) is 18.3 Å². The van der Waals surface area contributed by atoms with Crippen LogP contribution in [0.25, 0.3) is 0 Å². The summed E-state index contributed by atoms with van der Waals surface area (Å²) in [5, 5.41) is 17.4. The summed E-state index contributed by atoms with van der Waals surface area (Å²) in [5.41, 5.74) is 0.874. The third-order valence-corrected chi connectivity index (χ3v) is 6.06. The Kier molecular flexibility index (Phi) is 4.14. The van der Waals surface area contributed by atoms with Crippen LogP contribution >= 0.6 is 0 Å². The normalized spacial score (nSPS) is 18.3. The first kappa shape index (κ1) is 16.6. The average molecular weight is 350 g/mol. The minimum atomic E-state index is -3.95. The molecule has 128 valence electrons. The van der Waals surface area contributed by atoms with Gasteiger partial charge in [-0.2, -0.15) is 4.31 Å². The molecule has 8 nitrogen and oxygen atoms in total. The summed E-state index contributed by atoms with van der Waals surface area (Å²) in [6.07, 6.45) is 0.694. The first-order valence-corrected chi connectivity index (χ1v) is 9.01. The first-order valence-electron chi connectivity index (χ1n) is 7.57. The van der Waals surface area contributed by atoms with Crippen molar-refractivity contribution in [2.75, 3.05) is 0 Å². The first-order chi connectivity index (χ1) is 11.3. The van der Waals surface area contributed by atoms with E-state index in [2.05, 4.69) is 10.2 Å². The van der Waals surface area contributed by atoms with Crippen LogP contribution in [0, 0.1) is 6.92 Å². The minimum Gasteiger partial charge on any atom is -0.480 e. The van der Waals surface area contributed by atoms with Gasteiger partial charge in [0.25, 0.3) is 0 Å². The van der Waals surface area contributed by atoms with Crippen LogP contribution in [0.3, 0.4) is 0 Å². The Balaban J connectivity index is 2.06. The lowest BCUT2D eigenvalue weighted by molar-refractivity contribution is -0.142. The Morgan fingerprint density at radius 1 is 1.38 bits per heavy atom. The van der Waals surface area contributed by atoms with Gasteiger partial charge in [0.15, 0.2) is 0 Å². The van der Waals surface area contributed by atoms with Gasteiger partial charge in [-0.15, -0.1) is 10.2 Å². The third kappa shape index (κ3) is 2.69. The summed E-state index contributed by atoms with van der Waals surface area (Å²) < 4.78 is 28.6. The van der Waals surface area contributed by atoms with Gasteiger partial charge in [0, 0.05) is 0 Å². The highest BCUT2D eigenvalue weighted by Crippen LogP contribution is 2.26. The summed E-state index contributed by atoms with van der Waals surface area (Å²) >= 11 is 0. The molecule has 0 bridgehead atoms. The summed E-state index contributed by atoms with van der Waals surface area (Å²) in [5.74, 6) is -0.175. The number of rotatable bonds is 4. The molecule has 1 aromatic heterocycles. The summed E-state index contributed by atoms with van der Waals surface area (Å²) in [7, 11) is -3.95. The molecule has 0 fully saturated rings. The van der Waals surface area contributed by atoms with Gasteiger partial charge < -0.3 is 9.67 Å². The van der Waals surface area contributed by atoms with Gasteiger partial charge in [0.05, 0.1) is 18.0 Å². The number of nitrogens with zero attached hydrogens (tertiary/aromatic N) is 4. The second-order valence-corrected chi connectivity index (χ2v) is 7.57. The molecule has 0 aliphatic carbocycles. The number of aromatic nitrogens is 3. The quantitative estimate of drug-likeness (QED) is 0.875. The van der Waals surface area contributed by atoms with E-state index in [4.69, 9.17) is 0 Å². The number of carbonyl (C=O) groups is 1. The van der Waals surface area contributed by atoms with Crippen molar-refractivity contribution < 1.29 is 18.3 Å². The maximum Gasteiger partial charge on any atom is 0.323 e. The number of aryl methyl sites for hydroxylation is 2. The zero-order valence-corrected chi connectivity index (χ0v) is 14.2. The fourth-order valence-corrected chi connectivity index (χ4v) is 4.41. The van der Waals surface area contributed by atoms with Crippen molar-refractivity contribution in [3.63, 3.8) is 0 Å². The Morgan fingerprint density at radius 3 is 2.79 bits per heavy atom. The second kappa shape index (κ2) is 5.99. The summed E-state index contributed by atoms with van der Waals surface area (Å²) in [6, 6.07) is 5.38. The lowest BCUT2D eigenvalue weighted by Crippen LogP contribution is -2.50. The fraction of sp³-hybridized carbons (Fsp3) is 0.400. The van der Waals surface area contributed by atoms with E-state index < -0.39 is 22.0 Å². The van der Waals surface area contributed by atoms with Gasteiger partial charge in [0.2, 0.25) is 10.0 Å². The molecule has 0 saturated heterocycles. The molecule has 2 heterocycles. The van der Waals surface area contributed by atoms with E-state index >= 15 is 0 Å². The molecule has 24 heavy (non-hydrogen) atoms. The Labute approximate surface area is 139 Å². The summed E-state index contributed by atoms with van der Waals surface area (Å²) in [6.45, 7) is 3.52. The minimum absolute atomic E-state index is 0.00377. The number of fused-ring (bicyclic) bond motifs is 1. The van der Waals surface area contributed by atoms with Gasteiger partial charge >= 0.3 is 5.97 Å². The smallest absolute Gasteiger partial charge is 0.323 e. The number of hydrogen-bond acceptors (Lipinski definition) is 5. The van der Waals surface area contributed by atoms with E-state index in [-0.39, 0.29) is 18.0 Å². The van der Waals surface area contributed by atoms with Crippen molar-refractivity contribution in [2.45, 2.75) is 44.3 Å². The molecular weight excluding hydrogens is 332 g/mol. The van der Waals surface area contributed by atoms with E-state index in [0.717, 1.165) is 9.87 Å². The number of hydrogen-bond donors (Lipinski definition) is 1.